The van der Waals surface area contributed by atoms with Gasteiger partial charge >= 0.3 is 5.97 Å². The van der Waals surface area contributed by atoms with E-state index in [-0.39, 0.29) is 37.5 Å². The number of hydrogen-bond acceptors (Lipinski definition) is 6. The normalized spacial score (nSPS) is 30.8. The van der Waals surface area contributed by atoms with Crippen molar-refractivity contribution in [2.75, 3.05) is 31.2 Å². The number of carbonyl (C=O) groups is 3. The fraction of sp³-hybridized carbons (Fsp3) is 0.567. The number of halogens is 1. The maximum atomic E-state index is 14.5. The fourth-order valence-electron chi connectivity index (χ4n) is 6.74. The molecule has 2 amide bonds. The van der Waals surface area contributed by atoms with E-state index in [0.717, 1.165) is 0 Å². The zero-order valence-corrected chi connectivity index (χ0v) is 23.6. The summed E-state index contributed by atoms with van der Waals surface area (Å²) in [6.07, 6.45) is 6.21. The van der Waals surface area contributed by atoms with Crippen LogP contribution in [0.5, 0.6) is 0 Å². The highest BCUT2D eigenvalue weighted by atomic mass is 35.5. The second-order valence-corrected chi connectivity index (χ2v) is 11.4. The van der Waals surface area contributed by atoms with Gasteiger partial charge in [0.15, 0.2) is 0 Å². The predicted molar refractivity (Wildman–Crippen MR) is 149 cm³/mol. The molecular formula is C30H39ClN2O6. The monoisotopic (exact) mass is 558 g/mol. The van der Waals surface area contributed by atoms with Gasteiger partial charge in [-0.2, -0.15) is 0 Å². The van der Waals surface area contributed by atoms with Gasteiger partial charge in [0.25, 0.3) is 5.91 Å². The van der Waals surface area contributed by atoms with E-state index in [9.17, 15) is 19.5 Å². The minimum Gasteiger partial charge on any atom is -0.465 e. The number of nitrogens with zero attached hydrogens (tertiary/aromatic N) is 2. The summed E-state index contributed by atoms with van der Waals surface area (Å²) < 4.78 is 12.3. The number of aliphatic hydroxyl groups excluding tert-OH is 1. The number of benzene rings is 1. The summed E-state index contributed by atoms with van der Waals surface area (Å²) in [4.78, 5) is 45.3. The summed E-state index contributed by atoms with van der Waals surface area (Å²) in [5, 5.41) is 9.79. The van der Waals surface area contributed by atoms with Gasteiger partial charge in [0, 0.05) is 30.4 Å². The Morgan fingerprint density at radius 1 is 1.23 bits per heavy atom. The molecule has 1 aromatic rings. The zero-order chi connectivity index (χ0) is 28.4. The number of aliphatic hydroxyl groups is 1. The van der Waals surface area contributed by atoms with Gasteiger partial charge in [-0.25, -0.2) is 0 Å². The largest absolute Gasteiger partial charge is 0.465 e. The van der Waals surface area contributed by atoms with Crippen molar-refractivity contribution in [3.8, 4) is 0 Å². The lowest BCUT2D eigenvalue weighted by Gasteiger charge is -2.37. The predicted octanol–water partition coefficient (Wildman–Crippen LogP) is 4.15. The molecule has 0 radical (unpaired) electrons. The molecule has 0 aliphatic carbocycles. The van der Waals surface area contributed by atoms with Gasteiger partial charge in [-0.1, -0.05) is 30.7 Å². The fourth-order valence-corrected chi connectivity index (χ4v) is 6.87. The molecule has 3 aliphatic rings. The van der Waals surface area contributed by atoms with E-state index in [1.54, 1.807) is 46.2 Å². The molecule has 3 unspecified atom stereocenters. The van der Waals surface area contributed by atoms with E-state index in [0.29, 0.717) is 49.4 Å². The molecule has 8 nitrogen and oxygen atoms in total. The Labute approximate surface area is 235 Å². The molecule has 4 rings (SSSR count). The first-order chi connectivity index (χ1) is 18.7. The maximum absolute atomic E-state index is 14.5. The summed E-state index contributed by atoms with van der Waals surface area (Å²) in [5.74, 6) is -2.73. The molecule has 2 bridgehead atoms. The van der Waals surface area contributed by atoms with E-state index in [4.69, 9.17) is 21.1 Å². The van der Waals surface area contributed by atoms with Crippen LogP contribution in [0.2, 0.25) is 5.02 Å². The molecule has 6 atom stereocenters. The zero-order valence-electron chi connectivity index (χ0n) is 22.8. The third kappa shape index (κ3) is 5.03. The average Bonchev–Trinajstić information content (AvgIpc) is 3.42. The van der Waals surface area contributed by atoms with E-state index >= 15 is 0 Å². The van der Waals surface area contributed by atoms with Crippen LogP contribution in [0.25, 0.3) is 0 Å². The van der Waals surface area contributed by atoms with Crippen molar-refractivity contribution < 1.29 is 29.0 Å². The van der Waals surface area contributed by atoms with Crippen LogP contribution in [0.1, 0.15) is 46.0 Å². The number of anilines is 1. The maximum Gasteiger partial charge on any atom is 0.312 e. The molecule has 3 heterocycles. The molecule has 1 N–H and O–H groups in total. The molecule has 1 aromatic carbocycles. The number of rotatable bonds is 13. The summed E-state index contributed by atoms with van der Waals surface area (Å²) in [5.41, 5.74) is -1.46. The molecule has 3 saturated heterocycles. The number of carbonyl (C=O) groups excluding carboxylic acids is 3. The number of unbranched alkanes of at least 4 members (excludes halogenated alkanes) is 2. The van der Waals surface area contributed by atoms with Crippen LogP contribution in [-0.4, -0.2) is 71.3 Å². The van der Waals surface area contributed by atoms with Crippen molar-refractivity contribution in [2.45, 2.75) is 63.2 Å². The highest BCUT2D eigenvalue weighted by Crippen LogP contribution is 2.65. The Hall–Kier alpha value is -2.68. The third-order valence-electron chi connectivity index (χ3n) is 8.64. The summed E-state index contributed by atoms with van der Waals surface area (Å²) in [6, 6.07) is 6.03. The van der Waals surface area contributed by atoms with Crippen molar-refractivity contribution >= 4 is 35.1 Å². The number of likely N-dealkylation sites (tertiary alicyclic amines) is 1. The lowest BCUT2D eigenvalue weighted by atomic mass is 9.62. The van der Waals surface area contributed by atoms with Crippen LogP contribution in [0, 0.1) is 17.8 Å². The van der Waals surface area contributed by atoms with E-state index in [1.807, 2.05) is 13.8 Å². The second-order valence-electron chi connectivity index (χ2n) is 11.0. The van der Waals surface area contributed by atoms with Gasteiger partial charge in [0.1, 0.15) is 17.6 Å². The standard InChI is InChI=1S/C30H39ClN2O6/c1-5-7-18-38-28(37)24-23-26(35)33(16-9-8-10-17-34)25(30(23)19-20(3)29(24,4)39-30)27(36)32(15-6-2)22-13-11-21(31)12-14-22/h5-6,11-14,20,23-25,34H,1-2,7-10,15-19H2,3-4H3/t20?,23-,24+,25?,29-,30?/m0/s1. The van der Waals surface area contributed by atoms with Gasteiger partial charge in [0.05, 0.1) is 18.1 Å². The third-order valence-corrected chi connectivity index (χ3v) is 8.89. The summed E-state index contributed by atoms with van der Waals surface area (Å²) in [6.45, 7) is 12.2. The van der Waals surface area contributed by atoms with Crippen LogP contribution < -0.4 is 4.90 Å². The van der Waals surface area contributed by atoms with Crippen molar-refractivity contribution in [1.29, 1.82) is 0 Å². The van der Waals surface area contributed by atoms with Crippen molar-refractivity contribution in [3.63, 3.8) is 0 Å². The highest BCUT2D eigenvalue weighted by molar-refractivity contribution is 6.30. The minimum absolute atomic E-state index is 0.0597. The number of hydrogen-bond donors (Lipinski definition) is 1. The van der Waals surface area contributed by atoms with Crippen LogP contribution in [0.3, 0.4) is 0 Å². The van der Waals surface area contributed by atoms with Gasteiger partial charge in [-0.3, -0.25) is 14.4 Å². The van der Waals surface area contributed by atoms with Gasteiger partial charge in [-0.15, -0.1) is 13.2 Å². The van der Waals surface area contributed by atoms with Crippen LogP contribution in [0.15, 0.2) is 49.6 Å². The number of amides is 2. The van der Waals surface area contributed by atoms with E-state index < -0.39 is 35.0 Å². The number of ether oxygens (including phenoxy) is 2. The quantitative estimate of drug-likeness (QED) is 0.222. The van der Waals surface area contributed by atoms with Crippen molar-refractivity contribution in [3.05, 3.63) is 54.6 Å². The van der Waals surface area contributed by atoms with Gasteiger partial charge < -0.3 is 24.4 Å². The highest BCUT2D eigenvalue weighted by Gasteiger charge is 2.80. The SMILES string of the molecule is C=CCCOC(=O)[C@H]1[C@H]2C(=O)N(CCCCCO)C(C(=O)N(CC=C)c3ccc(Cl)cc3)C23CC(C)[C@]1(C)O3. The molecule has 39 heavy (non-hydrogen) atoms. The Kier molecular flexibility index (Phi) is 8.88. The molecule has 9 heteroatoms. The molecular weight excluding hydrogens is 520 g/mol. The Bertz CT molecular complexity index is 1110. The first kappa shape index (κ1) is 29.3. The molecule has 212 valence electrons. The second kappa shape index (κ2) is 11.8. The first-order valence-corrected chi connectivity index (χ1v) is 14.1. The van der Waals surface area contributed by atoms with E-state index in [1.165, 1.54) is 0 Å². The minimum atomic E-state index is -1.16. The van der Waals surface area contributed by atoms with Gasteiger partial charge in [0.2, 0.25) is 5.91 Å². The van der Waals surface area contributed by atoms with Gasteiger partial charge in [-0.05, 0) is 69.2 Å². The lowest BCUT2D eigenvalue weighted by molar-refractivity contribution is -0.161. The van der Waals surface area contributed by atoms with Crippen LogP contribution in [0.4, 0.5) is 5.69 Å². The Morgan fingerprint density at radius 3 is 2.59 bits per heavy atom. The molecule has 1 spiro atoms. The topological polar surface area (TPSA) is 96.4 Å². The molecule has 0 saturated carbocycles. The summed E-state index contributed by atoms with van der Waals surface area (Å²) >= 11 is 6.11. The van der Waals surface area contributed by atoms with Crippen LogP contribution >= 0.6 is 11.6 Å². The summed E-state index contributed by atoms with van der Waals surface area (Å²) in [7, 11) is 0. The van der Waals surface area contributed by atoms with Crippen LogP contribution in [-0.2, 0) is 23.9 Å². The Balaban J connectivity index is 1.76. The first-order valence-electron chi connectivity index (χ1n) is 13.7. The number of esters is 1. The van der Waals surface area contributed by atoms with Crippen molar-refractivity contribution in [1.82, 2.24) is 4.90 Å². The van der Waals surface area contributed by atoms with Crippen molar-refractivity contribution in [2.24, 2.45) is 17.8 Å². The molecule has 3 fully saturated rings. The molecule has 3 aliphatic heterocycles. The molecule has 0 aromatic heterocycles. The van der Waals surface area contributed by atoms with E-state index in [2.05, 4.69) is 13.2 Å². The Morgan fingerprint density at radius 2 is 1.95 bits per heavy atom. The lowest BCUT2D eigenvalue weighted by Crippen LogP contribution is -2.57. The average molecular weight is 559 g/mol. The smallest absolute Gasteiger partial charge is 0.312 e. The number of fused-ring (bicyclic) bond motifs is 1.